The maximum atomic E-state index is 12.3. The van der Waals surface area contributed by atoms with Gasteiger partial charge in [-0.2, -0.15) is 0 Å². The maximum Gasteiger partial charge on any atom is 0.321 e. The van der Waals surface area contributed by atoms with Gasteiger partial charge >= 0.3 is 12.0 Å². The van der Waals surface area contributed by atoms with Crippen LogP contribution in [0, 0.1) is 0 Å². The highest BCUT2D eigenvalue weighted by Crippen LogP contribution is 2.27. The molecule has 2 aromatic carbocycles. The number of esters is 1. The predicted octanol–water partition coefficient (Wildman–Crippen LogP) is 3.56. The second-order valence-electron chi connectivity index (χ2n) is 5.38. The molecule has 0 radical (unpaired) electrons. The smallest absolute Gasteiger partial charge is 0.321 e. The van der Waals surface area contributed by atoms with Gasteiger partial charge in [0.05, 0.1) is 11.4 Å². The van der Waals surface area contributed by atoms with Crippen LogP contribution >= 0.6 is 23.4 Å². The Morgan fingerprint density at radius 1 is 1.07 bits per heavy atom. The summed E-state index contributed by atoms with van der Waals surface area (Å²) in [4.78, 5) is 36.8. The first-order valence-electron chi connectivity index (χ1n) is 8.15. The highest BCUT2D eigenvalue weighted by molar-refractivity contribution is 7.99. The van der Waals surface area contributed by atoms with E-state index in [2.05, 4.69) is 10.6 Å². The number of benzene rings is 2. The zero-order chi connectivity index (χ0) is 19.6. The van der Waals surface area contributed by atoms with Crippen LogP contribution < -0.4 is 10.6 Å². The third-order valence-corrected chi connectivity index (χ3v) is 4.97. The molecular formula is C19H19ClN2O4S. The van der Waals surface area contributed by atoms with Gasteiger partial charge in [0.1, 0.15) is 0 Å². The van der Waals surface area contributed by atoms with Crippen molar-refractivity contribution in [3.8, 4) is 0 Å². The second kappa shape index (κ2) is 10.6. The first-order chi connectivity index (χ1) is 13.0. The van der Waals surface area contributed by atoms with Gasteiger partial charge in [-0.05, 0) is 12.1 Å². The summed E-state index contributed by atoms with van der Waals surface area (Å²) in [7, 11) is 1.39. The lowest BCUT2D eigenvalue weighted by Gasteiger charge is -2.17. The average Bonchev–Trinajstić information content (AvgIpc) is 2.68. The zero-order valence-corrected chi connectivity index (χ0v) is 16.2. The lowest BCUT2D eigenvalue weighted by molar-refractivity contribution is -0.155. The summed E-state index contributed by atoms with van der Waals surface area (Å²) in [5.74, 6) is -0.815. The first-order valence-corrected chi connectivity index (χ1v) is 9.52. The monoisotopic (exact) mass is 406 g/mol. The minimum absolute atomic E-state index is 0.0898. The van der Waals surface area contributed by atoms with Crippen molar-refractivity contribution in [1.29, 1.82) is 0 Å². The van der Waals surface area contributed by atoms with Crippen molar-refractivity contribution in [2.75, 3.05) is 12.8 Å². The van der Waals surface area contributed by atoms with Gasteiger partial charge in [0.25, 0.3) is 5.91 Å². The summed E-state index contributed by atoms with van der Waals surface area (Å²) in [6, 6.07) is 15.2. The SMILES string of the molecule is CNC(=O)NC(=O)C(OC(=O)CCSc1ccccc1Cl)c1ccccc1. The van der Waals surface area contributed by atoms with Crippen LogP contribution in [0.2, 0.25) is 5.02 Å². The molecule has 8 heteroatoms. The number of halogens is 1. The van der Waals surface area contributed by atoms with Crippen LogP contribution in [0.3, 0.4) is 0 Å². The number of thioether (sulfide) groups is 1. The fourth-order valence-electron chi connectivity index (χ4n) is 2.14. The molecule has 6 nitrogen and oxygen atoms in total. The number of imide groups is 1. The normalized spacial score (nSPS) is 11.3. The summed E-state index contributed by atoms with van der Waals surface area (Å²) < 4.78 is 5.33. The van der Waals surface area contributed by atoms with Crippen molar-refractivity contribution in [2.45, 2.75) is 17.4 Å². The number of rotatable bonds is 7. The molecule has 0 aliphatic rings. The van der Waals surface area contributed by atoms with Crippen molar-refractivity contribution in [1.82, 2.24) is 10.6 Å². The Hall–Kier alpha value is -2.51. The fourth-order valence-corrected chi connectivity index (χ4v) is 3.31. The molecule has 0 saturated carbocycles. The Kier molecular flexibility index (Phi) is 8.16. The van der Waals surface area contributed by atoms with Gasteiger partial charge in [-0.25, -0.2) is 4.79 Å². The molecule has 1 atom stereocenters. The molecule has 2 aromatic rings. The minimum Gasteiger partial charge on any atom is -0.447 e. The number of hydrogen-bond donors (Lipinski definition) is 2. The number of carbonyl (C=O) groups is 3. The van der Waals surface area contributed by atoms with Gasteiger partial charge in [0, 0.05) is 23.3 Å². The molecule has 2 rings (SSSR count). The van der Waals surface area contributed by atoms with E-state index in [4.69, 9.17) is 16.3 Å². The number of urea groups is 1. The largest absolute Gasteiger partial charge is 0.447 e. The summed E-state index contributed by atoms with van der Waals surface area (Å²) in [5, 5.41) is 5.03. The molecule has 0 heterocycles. The van der Waals surface area contributed by atoms with Gasteiger partial charge < -0.3 is 10.1 Å². The topological polar surface area (TPSA) is 84.5 Å². The zero-order valence-electron chi connectivity index (χ0n) is 14.6. The fraction of sp³-hybridized carbons (Fsp3) is 0.211. The summed E-state index contributed by atoms with van der Waals surface area (Å²) >= 11 is 7.50. The molecule has 27 heavy (non-hydrogen) atoms. The van der Waals surface area contributed by atoms with E-state index in [-0.39, 0.29) is 6.42 Å². The Morgan fingerprint density at radius 2 is 1.74 bits per heavy atom. The lowest BCUT2D eigenvalue weighted by atomic mass is 10.1. The van der Waals surface area contributed by atoms with Gasteiger partial charge in [0.15, 0.2) is 0 Å². The van der Waals surface area contributed by atoms with Crippen molar-refractivity contribution < 1.29 is 19.1 Å². The summed E-state index contributed by atoms with van der Waals surface area (Å²) in [6.07, 6.45) is -1.12. The molecule has 3 amide bonds. The predicted molar refractivity (Wildman–Crippen MR) is 105 cm³/mol. The van der Waals surface area contributed by atoms with E-state index < -0.39 is 24.0 Å². The van der Waals surface area contributed by atoms with Crippen LogP contribution in [0.4, 0.5) is 4.79 Å². The second-order valence-corrected chi connectivity index (χ2v) is 6.92. The van der Waals surface area contributed by atoms with E-state index in [9.17, 15) is 14.4 Å². The van der Waals surface area contributed by atoms with E-state index >= 15 is 0 Å². The number of carbonyl (C=O) groups excluding carboxylic acids is 3. The molecule has 2 N–H and O–H groups in total. The molecule has 0 bridgehead atoms. The number of amides is 3. The molecule has 0 aliphatic carbocycles. The van der Waals surface area contributed by atoms with E-state index in [0.717, 1.165) is 4.90 Å². The van der Waals surface area contributed by atoms with Crippen LogP contribution in [-0.2, 0) is 14.3 Å². The van der Waals surface area contributed by atoms with Gasteiger partial charge in [-0.15, -0.1) is 11.8 Å². The standard InChI is InChI=1S/C19H19ClN2O4S/c1-21-19(25)22-18(24)17(13-7-3-2-4-8-13)26-16(23)11-12-27-15-10-6-5-9-14(15)20/h2-10,17H,11-12H2,1H3,(H2,21,22,24,25). The summed E-state index contributed by atoms with van der Waals surface area (Å²) in [5.41, 5.74) is 0.478. The number of ether oxygens (including phenoxy) is 1. The Labute approximate surface area is 166 Å². The van der Waals surface area contributed by atoms with Crippen LogP contribution in [0.15, 0.2) is 59.5 Å². The van der Waals surface area contributed by atoms with Gasteiger partial charge in [-0.1, -0.05) is 54.1 Å². The molecule has 0 aromatic heterocycles. The van der Waals surface area contributed by atoms with Crippen LogP contribution in [-0.4, -0.2) is 30.7 Å². The molecular weight excluding hydrogens is 388 g/mol. The van der Waals surface area contributed by atoms with Crippen LogP contribution in [0.25, 0.3) is 0 Å². The Morgan fingerprint density at radius 3 is 2.41 bits per heavy atom. The third kappa shape index (κ3) is 6.62. The first kappa shape index (κ1) is 20.8. The van der Waals surface area contributed by atoms with Crippen molar-refractivity contribution >= 4 is 41.3 Å². The maximum absolute atomic E-state index is 12.3. The van der Waals surface area contributed by atoms with Gasteiger partial charge in [-0.3, -0.25) is 14.9 Å². The highest BCUT2D eigenvalue weighted by atomic mass is 35.5. The van der Waals surface area contributed by atoms with E-state index in [1.54, 1.807) is 36.4 Å². The Balaban J connectivity index is 1.97. The third-order valence-electron chi connectivity index (χ3n) is 3.45. The molecule has 1 unspecified atom stereocenters. The number of hydrogen-bond acceptors (Lipinski definition) is 5. The lowest BCUT2D eigenvalue weighted by Crippen LogP contribution is -2.41. The van der Waals surface area contributed by atoms with Crippen molar-refractivity contribution in [3.63, 3.8) is 0 Å². The van der Waals surface area contributed by atoms with Crippen LogP contribution in [0.5, 0.6) is 0 Å². The van der Waals surface area contributed by atoms with E-state index in [1.165, 1.54) is 18.8 Å². The molecule has 0 fully saturated rings. The minimum atomic E-state index is -1.21. The van der Waals surface area contributed by atoms with E-state index in [1.807, 2.05) is 18.2 Å². The highest BCUT2D eigenvalue weighted by Gasteiger charge is 2.26. The van der Waals surface area contributed by atoms with Crippen molar-refractivity contribution in [3.05, 3.63) is 65.2 Å². The molecule has 0 spiro atoms. The van der Waals surface area contributed by atoms with Crippen LogP contribution in [0.1, 0.15) is 18.1 Å². The Bertz CT molecular complexity index is 801. The summed E-state index contributed by atoms with van der Waals surface area (Å²) in [6.45, 7) is 0. The molecule has 0 aliphatic heterocycles. The quantitative estimate of drug-likeness (QED) is 0.542. The number of nitrogens with one attached hydrogen (secondary N) is 2. The van der Waals surface area contributed by atoms with Crippen molar-refractivity contribution in [2.24, 2.45) is 0 Å². The van der Waals surface area contributed by atoms with Gasteiger partial charge in [0.2, 0.25) is 6.10 Å². The average molecular weight is 407 g/mol. The molecule has 0 saturated heterocycles. The molecule has 142 valence electrons. The van der Waals surface area contributed by atoms with E-state index in [0.29, 0.717) is 16.3 Å².